The number of aryl methyl sites for hydroxylation is 2. The number of benzene rings is 5. The maximum Gasteiger partial charge on any atom is 0.335 e. The van der Waals surface area contributed by atoms with Crippen LogP contribution in [-0.2, 0) is 40.0 Å². The third-order valence-electron chi connectivity index (χ3n) is 10.1. The molecule has 5 heteroatoms. The van der Waals surface area contributed by atoms with Crippen LogP contribution in [0.5, 0.6) is 5.75 Å². The molecule has 0 saturated heterocycles. The van der Waals surface area contributed by atoms with Crippen molar-refractivity contribution < 1.29 is 19.0 Å². The van der Waals surface area contributed by atoms with Crippen LogP contribution in [0.3, 0.4) is 0 Å². The van der Waals surface area contributed by atoms with Crippen molar-refractivity contribution in [2.45, 2.75) is 64.5 Å². The van der Waals surface area contributed by atoms with E-state index in [0.717, 1.165) is 37.1 Å². The molecule has 6 rings (SSSR count). The van der Waals surface area contributed by atoms with Crippen molar-refractivity contribution in [1.82, 2.24) is 4.90 Å². The molecular formula is C46H51NO4. The highest BCUT2D eigenvalue weighted by Crippen LogP contribution is 2.39. The molecule has 0 heterocycles. The Morgan fingerprint density at radius 3 is 2.16 bits per heavy atom. The molecule has 5 nitrogen and oxygen atoms in total. The molecule has 1 aliphatic rings. The van der Waals surface area contributed by atoms with Crippen LogP contribution in [0.2, 0.25) is 0 Å². The maximum atomic E-state index is 12.3. The number of hydrogen-bond donors (Lipinski definition) is 0. The lowest BCUT2D eigenvalue weighted by Crippen LogP contribution is -2.30. The van der Waals surface area contributed by atoms with Gasteiger partial charge < -0.3 is 14.2 Å². The van der Waals surface area contributed by atoms with Gasteiger partial charge in [0.25, 0.3) is 0 Å². The topological polar surface area (TPSA) is 48.0 Å². The molecule has 3 atom stereocenters. The summed E-state index contributed by atoms with van der Waals surface area (Å²) in [6.07, 6.45) is 2.83. The molecule has 0 N–H and O–H groups in total. The summed E-state index contributed by atoms with van der Waals surface area (Å²) in [5.74, 6) is 0.784. The van der Waals surface area contributed by atoms with Crippen molar-refractivity contribution in [2.75, 3.05) is 33.4 Å². The second kappa shape index (κ2) is 17.5. The van der Waals surface area contributed by atoms with Crippen LogP contribution in [0.1, 0.15) is 82.8 Å². The molecule has 0 spiro atoms. The normalized spacial score (nSPS) is 15.0. The summed E-state index contributed by atoms with van der Waals surface area (Å²) < 4.78 is 17.2. The van der Waals surface area contributed by atoms with Gasteiger partial charge in [0.05, 0.1) is 12.6 Å². The quantitative estimate of drug-likeness (QED) is 0.103. The average molecular weight is 682 g/mol. The average Bonchev–Trinajstić information content (AvgIpc) is 3.32. The van der Waals surface area contributed by atoms with E-state index >= 15 is 0 Å². The Hall–Kier alpha value is -4.71. The largest absolute Gasteiger partial charge is 0.492 e. The molecule has 0 aliphatic heterocycles. The van der Waals surface area contributed by atoms with Crippen LogP contribution in [0, 0.1) is 0 Å². The molecule has 51 heavy (non-hydrogen) atoms. The first-order valence-corrected chi connectivity index (χ1v) is 18.5. The summed E-state index contributed by atoms with van der Waals surface area (Å²) in [6, 6.07) is 43.9. The molecule has 0 fully saturated rings. The molecule has 1 aliphatic carbocycles. The van der Waals surface area contributed by atoms with Crippen molar-refractivity contribution in [3.05, 3.63) is 171 Å². The number of fused-ring (bicyclic) bond motifs is 2. The zero-order valence-corrected chi connectivity index (χ0v) is 30.5. The number of rotatable bonds is 15. The highest BCUT2D eigenvalue weighted by atomic mass is 16.6. The van der Waals surface area contributed by atoms with Crippen molar-refractivity contribution >= 4 is 5.97 Å². The lowest BCUT2D eigenvalue weighted by atomic mass is 9.87. The van der Waals surface area contributed by atoms with Gasteiger partial charge in [-0.3, -0.25) is 4.90 Å². The molecule has 0 amide bonds. The van der Waals surface area contributed by atoms with Crippen LogP contribution < -0.4 is 4.74 Å². The predicted octanol–water partition coefficient (Wildman–Crippen LogP) is 9.14. The maximum absolute atomic E-state index is 12.3. The van der Waals surface area contributed by atoms with Crippen molar-refractivity contribution in [3.8, 4) is 5.75 Å². The minimum absolute atomic E-state index is 0.107. The fraction of sp³-hybridized carbons (Fsp3) is 0.326. The lowest BCUT2D eigenvalue weighted by Gasteiger charge is -2.31. The molecular weight excluding hydrogens is 631 g/mol. The fourth-order valence-electron chi connectivity index (χ4n) is 7.31. The monoisotopic (exact) mass is 681 g/mol. The minimum atomic E-state index is -0.605. The van der Waals surface area contributed by atoms with Gasteiger partial charge in [-0.05, 0) is 102 Å². The van der Waals surface area contributed by atoms with E-state index in [0.29, 0.717) is 32.2 Å². The van der Waals surface area contributed by atoms with Gasteiger partial charge in [-0.1, -0.05) is 116 Å². The van der Waals surface area contributed by atoms with Crippen LogP contribution >= 0.6 is 0 Å². The molecule has 0 saturated carbocycles. The third kappa shape index (κ3) is 9.15. The number of hydrogen-bond acceptors (Lipinski definition) is 5. The van der Waals surface area contributed by atoms with Gasteiger partial charge in [0.2, 0.25) is 0 Å². The smallest absolute Gasteiger partial charge is 0.335 e. The zero-order valence-electron chi connectivity index (χ0n) is 30.5. The molecule has 264 valence electrons. The number of carbonyl (C=O) groups is 1. The molecule has 3 unspecified atom stereocenters. The molecule has 5 aromatic carbocycles. The van der Waals surface area contributed by atoms with E-state index in [2.05, 4.69) is 116 Å². The van der Waals surface area contributed by atoms with Crippen LogP contribution in [0.25, 0.3) is 0 Å². The Kier molecular flexibility index (Phi) is 12.4. The molecule has 5 aromatic rings. The van der Waals surface area contributed by atoms with Gasteiger partial charge in [0.1, 0.15) is 12.4 Å². The number of esters is 1. The van der Waals surface area contributed by atoms with Gasteiger partial charge in [0.15, 0.2) is 6.10 Å². The number of ether oxygens (including phenoxy) is 3. The first-order valence-electron chi connectivity index (χ1n) is 18.5. The summed E-state index contributed by atoms with van der Waals surface area (Å²) in [6.45, 7) is 8.10. The number of nitrogens with zero attached hydrogens (tertiary/aromatic N) is 1. The number of carbonyl (C=O) groups excluding carboxylic acids is 1. The van der Waals surface area contributed by atoms with Crippen LogP contribution in [0.4, 0.5) is 0 Å². The van der Waals surface area contributed by atoms with E-state index in [4.69, 9.17) is 14.2 Å². The number of likely N-dealkylation sites (N-methyl/N-ethyl adjacent to an activating group) is 1. The van der Waals surface area contributed by atoms with Crippen LogP contribution in [-0.4, -0.2) is 50.4 Å². The van der Waals surface area contributed by atoms with E-state index in [1.807, 2.05) is 38.1 Å². The molecule has 0 bridgehead atoms. The first-order chi connectivity index (χ1) is 24.9. The van der Waals surface area contributed by atoms with Crippen LogP contribution in [0.15, 0.2) is 121 Å². The second-order valence-corrected chi connectivity index (χ2v) is 13.6. The van der Waals surface area contributed by atoms with Crippen molar-refractivity contribution in [3.63, 3.8) is 0 Å². The summed E-state index contributed by atoms with van der Waals surface area (Å²) in [5.41, 5.74) is 12.0. The predicted molar refractivity (Wildman–Crippen MR) is 206 cm³/mol. The van der Waals surface area contributed by atoms with E-state index in [1.165, 1.54) is 44.5 Å². The van der Waals surface area contributed by atoms with E-state index in [-0.39, 0.29) is 12.0 Å². The highest BCUT2D eigenvalue weighted by Gasteiger charge is 2.28. The van der Waals surface area contributed by atoms with Crippen molar-refractivity contribution in [2.24, 2.45) is 0 Å². The summed E-state index contributed by atoms with van der Waals surface area (Å²) in [4.78, 5) is 14.8. The van der Waals surface area contributed by atoms with Gasteiger partial charge >= 0.3 is 5.97 Å². The first kappa shape index (κ1) is 36.1. The van der Waals surface area contributed by atoms with Crippen molar-refractivity contribution in [1.29, 1.82) is 0 Å². The Morgan fingerprint density at radius 1 is 0.725 bits per heavy atom. The summed E-state index contributed by atoms with van der Waals surface area (Å²) >= 11 is 0. The Labute approximate surface area is 304 Å². The van der Waals surface area contributed by atoms with Gasteiger partial charge in [0, 0.05) is 25.5 Å². The standard InChI is InChI=1S/C46H51NO4/c1-5-49-44(46(48)50-6-2)31-35-17-24-41(25-18-35)51-28-27-47(4)45-42-26-19-36(29-34-13-9-7-10-14-34)30-40(42)23-21-38-20-22-39(32-43(38)45)33(3)37-15-11-8-12-16-37/h7-20,22,24-26,30,32-33,44-45H,5-6,21,23,27-29,31H2,1-4H3. The zero-order chi connectivity index (χ0) is 35.6. The Bertz CT molecular complexity index is 1850. The van der Waals surface area contributed by atoms with E-state index in [9.17, 15) is 4.79 Å². The Morgan fingerprint density at radius 2 is 1.43 bits per heavy atom. The lowest BCUT2D eigenvalue weighted by molar-refractivity contribution is -0.156. The third-order valence-corrected chi connectivity index (χ3v) is 10.1. The summed E-state index contributed by atoms with van der Waals surface area (Å²) in [7, 11) is 2.23. The van der Waals surface area contributed by atoms with Gasteiger partial charge in [-0.2, -0.15) is 0 Å². The SMILES string of the molecule is CCOC(=O)C(Cc1ccc(OCCN(C)C2c3ccc(Cc4ccccc4)cc3CCc3ccc(C(C)c4ccccc4)cc32)cc1)OCC. The fourth-order valence-corrected chi connectivity index (χ4v) is 7.31. The second-order valence-electron chi connectivity index (χ2n) is 13.6. The molecule has 0 radical (unpaired) electrons. The highest BCUT2D eigenvalue weighted by molar-refractivity contribution is 5.75. The van der Waals surface area contributed by atoms with E-state index in [1.54, 1.807) is 0 Å². The summed E-state index contributed by atoms with van der Waals surface area (Å²) in [5, 5.41) is 0. The van der Waals surface area contributed by atoms with Gasteiger partial charge in [-0.25, -0.2) is 4.79 Å². The minimum Gasteiger partial charge on any atom is -0.492 e. The molecule has 0 aromatic heterocycles. The Balaban J connectivity index is 1.22. The van der Waals surface area contributed by atoms with E-state index < -0.39 is 6.10 Å². The van der Waals surface area contributed by atoms with Gasteiger partial charge in [-0.15, -0.1) is 0 Å².